The lowest BCUT2D eigenvalue weighted by Gasteiger charge is -2.01. The molecule has 17 heavy (non-hydrogen) atoms. The van der Waals surface area contributed by atoms with Crippen LogP contribution in [0.3, 0.4) is 0 Å². The minimum Gasteiger partial charge on any atom is -0.420 e. The largest absolute Gasteiger partial charge is 0.420 e. The number of rotatable bonds is 1. The van der Waals surface area contributed by atoms with Crippen molar-refractivity contribution in [1.29, 1.82) is 0 Å². The van der Waals surface area contributed by atoms with Crippen LogP contribution < -0.4 is 5.63 Å². The molecule has 2 heterocycles. The van der Waals surface area contributed by atoms with Gasteiger partial charge in [-0.25, -0.2) is 4.79 Å². The number of hydrogen-bond acceptors (Lipinski definition) is 2. The van der Waals surface area contributed by atoms with E-state index < -0.39 is 0 Å². The first-order valence-corrected chi connectivity index (χ1v) is 5.91. The highest BCUT2D eigenvalue weighted by molar-refractivity contribution is 9.10. The summed E-state index contributed by atoms with van der Waals surface area (Å²) in [5.74, 6) is 0.576. The maximum atomic E-state index is 11.7. The highest BCUT2D eigenvalue weighted by Gasteiger charge is 2.18. The Hall–Kier alpha value is -1.81. The standard InChI is InChI=1S/C13H8BrNO2/c14-9-4-1-3-8(7-9)12-11-10(13(16)17-12)5-2-6-15-11/h1-7,15H. The Bertz CT molecular complexity index is 699. The summed E-state index contributed by atoms with van der Waals surface area (Å²) in [6.45, 7) is 0. The Labute approximate surface area is 106 Å². The van der Waals surface area contributed by atoms with Gasteiger partial charge >= 0.3 is 5.63 Å². The molecule has 3 nitrogen and oxygen atoms in total. The van der Waals surface area contributed by atoms with Crippen LogP contribution in [-0.2, 0) is 0 Å². The van der Waals surface area contributed by atoms with Gasteiger partial charge in [-0.1, -0.05) is 28.1 Å². The molecule has 0 aliphatic carbocycles. The number of aromatic nitrogens is 1. The molecule has 84 valence electrons. The average molecular weight is 290 g/mol. The lowest BCUT2D eigenvalue weighted by molar-refractivity contribution is 0.546. The fraction of sp³-hybridized carbons (Fsp3) is 0. The molecule has 0 fully saturated rings. The molecule has 0 unspecified atom stereocenters. The summed E-state index contributed by atoms with van der Waals surface area (Å²) in [5, 5.41) is 0. The van der Waals surface area contributed by atoms with Crippen LogP contribution in [0, 0.1) is 0 Å². The molecule has 1 N–H and O–H groups in total. The van der Waals surface area contributed by atoms with E-state index in [1.165, 1.54) is 0 Å². The molecule has 0 amide bonds. The second kappa shape index (κ2) is 3.89. The number of hydrogen-bond donors (Lipinski definition) is 1. The van der Waals surface area contributed by atoms with Gasteiger partial charge in [-0.3, -0.25) is 0 Å². The van der Waals surface area contributed by atoms with Crippen LogP contribution in [0.15, 0.2) is 56.3 Å². The minimum atomic E-state index is -0.313. The van der Waals surface area contributed by atoms with Crippen molar-refractivity contribution in [3.8, 4) is 22.6 Å². The first-order chi connectivity index (χ1) is 8.25. The normalized spacial score (nSPS) is 10.9. The molecular weight excluding hydrogens is 282 g/mol. The van der Waals surface area contributed by atoms with E-state index in [0.29, 0.717) is 11.3 Å². The number of halogens is 1. The van der Waals surface area contributed by atoms with Crippen molar-refractivity contribution in [2.45, 2.75) is 0 Å². The number of pyridine rings is 1. The van der Waals surface area contributed by atoms with E-state index in [4.69, 9.17) is 4.42 Å². The molecule has 0 aromatic heterocycles. The van der Waals surface area contributed by atoms with E-state index >= 15 is 0 Å². The quantitative estimate of drug-likeness (QED) is 0.745. The van der Waals surface area contributed by atoms with Gasteiger partial charge in [0.25, 0.3) is 0 Å². The van der Waals surface area contributed by atoms with Gasteiger partial charge in [0.15, 0.2) is 5.76 Å². The van der Waals surface area contributed by atoms with Gasteiger partial charge in [0.05, 0.1) is 11.3 Å². The van der Waals surface area contributed by atoms with E-state index in [1.54, 1.807) is 18.3 Å². The first kappa shape index (κ1) is 10.4. The molecule has 0 spiro atoms. The van der Waals surface area contributed by atoms with Crippen molar-refractivity contribution in [2.75, 3.05) is 0 Å². The van der Waals surface area contributed by atoms with Gasteiger partial charge < -0.3 is 9.40 Å². The van der Waals surface area contributed by atoms with Gasteiger partial charge in [0, 0.05) is 16.2 Å². The highest BCUT2D eigenvalue weighted by atomic mass is 79.9. The molecule has 0 bridgehead atoms. The van der Waals surface area contributed by atoms with Crippen molar-refractivity contribution in [1.82, 2.24) is 4.98 Å². The first-order valence-electron chi connectivity index (χ1n) is 5.12. The molecule has 1 aromatic carbocycles. The maximum Gasteiger partial charge on any atom is 0.345 e. The van der Waals surface area contributed by atoms with Crippen LogP contribution in [0.4, 0.5) is 0 Å². The summed E-state index contributed by atoms with van der Waals surface area (Å²) in [7, 11) is 0. The van der Waals surface area contributed by atoms with E-state index in [-0.39, 0.29) is 5.63 Å². The molecule has 1 aromatic rings. The van der Waals surface area contributed by atoms with Crippen molar-refractivity contribution in [3.63, 3.8) is 0 Å². The summed E-state index contributed by atoms with van der Waals surface area (Å²) in [5.41, 5.74) is 1.86. The third-order valence-corrected chi connectivity index (χ3v) is 3.08. The van der Waals surface area contributed by atoms with Gasteiger partial charge in [-0.05, 0) is 24.3 Å². The Balaban J connectivity index is 2.29. The zero-order valence-electron chi connectivity index (χ0n) is 8.74. The summed E-state index contributed by atoms with van der Waals surface area (Å²) >= 11 is 3.40. The zero-order valence-corrected chi connectivity index (χ0v) is 10.3. The lowest BCUT2D eigenvalue weighted by Crippen LogP contribution is -1.94. The second-order valence-corrected chi connectivity index (χ2v) is 4.60. The van der Waals surface area contributed by atoms with Crippen molar-refractivity contribution >= 4 is 15.9 Å². The third-order valence-electron chi connectivity index (χ3n) is 2.58. The van der Waals surface area contributed by atoms with E-state index in [1.807, 2.05) is 24.3 Å². The van der Waals surface area contributed by atoms with Crippen LogP contribution in [0.2, 0.25) is 0 Å². The van der Waals surface area contributed by atoms with Crippen molar-refractivity contribution in [2.24, 2.45) is 0 Å². The van der Waals surface area contributed by atoms with Gasteiger partial charge in [-0.2, -0.15) is 0 Å². The Morgan fingerprint density at radius 1 is 1.18 bits per heavy atom. The van der Waals surface area contributed by atoms with Gasteiger partial charge in [0.2, 0.25) is 0 Å². The van der Waals surface area contributed by atoms with Gasteiger partial charge in [0.1, 0.15) is 0 Å². The SMILES string of the molecule is O=c1oc(-c2cccc(Br)c2)c2[nH]cccc1-2. The van der Waals surface area contributed by atoms with Crippen LogP contribution in [-0.4, -0.2) is 4.98 Å². The number of nitrogens with one attached hydrogen (secondary N) is 1. The summed E-state index contributed by atoms with van der Waals surface area (Å²) in [6.07, 6.45) is 1.78. The molecule has 2 aliphatic rings. The molecular formula is C13H8BrNO2. The van der Waals surface area contributed by atoms with Crippen LogP contribution in [0.5, 0.6) is 0 Å². The molecule has 2 aliphatic heterocycles. The number of aromatic amines is 1. The summed E-state index contributed by atoms with van der Waals surface area (Å²) in [4.78, 5) is 14.7. The molecule has 3 rings (SSSR count). The Kier molecular flexibility index (Phi) is 2.37. The lowest BCUT2D eigenvalue weighted by atomic mass is 10.1. The smallest absolute Gasteiger partial charge is 0.345 e. The third kappa shape index (κ3) is 1.70. The van der Waals surface area contributed by atoms with Crippen molar-refractivity contribution in [3.05, 3.63) is 57.5 Å². The number of H-pyrrole nitrogens is 1. The highest BCUT2D eigenvalue weighted by Crippen LogP contribution is 2.31. The minimum absolute atomic E-state index is 0.313. The number of benzene rings is 1. The van der Waals surface area contributed by atoms with Crippen LogP contribution in [0.1, 0.15) is 0 Å². The molecule has 4 heteroatoms. The molecule has 0 saturated carbocycles. The second-order valence-electron chi connectivity index (χ2n) is 3.69. The average Bonchev–Trinajstić information content (AvgIpc) is 2.68. The van der Waals surface area contributed by atoms with E-state index in [9.17, 15) is 4.79 Å². The Morgan fingerprint density at radius 2 is 2.06 bits per heavy atom. The topological polar surface area (TPSA) is 46.0 Å². The summed E-state index contributed by atoms with van der Waals surface area (Å²) < 4.78 is 6.25. The molecule has 0 saturated heterocycles. The predicted molar refractivity (Wildman–Crippen MR) is 69.1 cm³/mol. The fourth-order valence-corrected chi connectivity index (χ4v) is 2.23. The zero-order chi connectivity index (χ0) is 11.8. The maximum absolute atomic E-state index is 11.7. The molecule has 0 atom stereocenters. The van der Waals surface area contributed by atoms with E-state index in [2.05, 4.69) is 20.9 Å². The monoisotopic (exact) mass is 289 g/mol. The van der Waals surface area contributed by atoms with Crippen LogP contribution in [0.25, 0.3) is 22.6 Å². The van der Waals surface area contributed by atoms with E-state index in [0.717, 1.165) is 15.7 Å². The number of furan rings is 1. The number of fused-ring (bicyclic) bond motifs is 1. The predicted octanol–water partition coefficient (Wildman–Crippen LogP) is 3.50. The fourth-order valence-electron chi connectivity index (χ4n) is 1.83. The Morgan fingerprint density at radius 3 is 2.88 bits per heavy atom. The summed E-state index contributed by atoms with van der Waals surface area (Å²) in [6, 6.07) is 11.2. The molecule has 0 radical (unpaired) electrons. The van der Waals surface area contributed by atoms with Crippen molar-refractivity contribution < 1.29 is 4.42 Å². The van der Waals surface area contributed by atoms with Gasteiger partial charge in [-0.15, -0.1) is 0 Å². The van der Waals surface area contributed by atoms with Crippen LogP contribution >= 0.6 is 15.9 Å².